The highest BCUT2D eigenvalue weighted by Gasteiger charge is 2.22. The normalized spacial score (nSPS) is 15.9. The van der Waals surface area contributed by atoms with E-state index < -0.39 is 0 Å². The molecule has 2 aromatic carbocycles. The summed E-state index contributed by atoms with van der Waals surface area (Å²) in [6.45, 7) is 2.99. The quantitative estimate of drug-likeness (QED) is 0.917. The van der Waals surface area contributed by atoms with E-state index in [2.05, 4.69) is 5.32 Å². The number of para-hydroxylation sites is 1. The minimum absolute atomic E-state index is 0.115. The lowest BCUT2D eigenvalue weighted by Gasteiger charge is -2.36. The molecule has 1 fully saturated rings. The monoisotopic (exact) mass is 357 g/mol. The van der Waals surface area contributed by atoms with E-state index in [9.17, 15) is 9.18 Å². The van der Waals surface area contributed by atoms with Gasteiger partial charge in [-0.1, -0.05) is 18.2 Å². The first-order chi connectivity index (χ1) is 12.7. The topological polar surface area (TPSA) is 54.0 Å². The highest BCUT2D eigenvalue weighted by Crippen LogP contribution is 2.32. The molecule has 26 heavy (non-hydrogen) atoms. The van der Waals surface area contributed by atoms with Crippen LogP contribution in [0.4, 0.5) is 14.9 Å². The van der Waals surface area contributed by atoms with Crippen LogP contribution in [0.1, 0.15) is 5.56 Å². The number of hydrogen-bond donors (Lipinski definition) is 1. The molecule has 2 amide bonds. The van der Waals surface area contributed by atoms with Gasteiger partial charge in [-0.15, -0.1) is 0 Å². The Balaban J connectivity index is 1.29. The minimum Gasteiger partial charge on any atom is -0.454 e. The zero-order valence-corrected chi connectivity index (χ0v) is 14.3. The second kappa shape index (κ2) is 7.11. The van der Waals surface area contributed by atoms with Crippen molar-refractivity contribution in [2.75, 3.05) is 37.9 Å². The van der Waals surface area contributed by atoms with Crippen molar-refractivity contribution in [2.45, 2.75) is 6.54 Å². The van der Waals surface area contributed by atoms with Gasteiger partial charge >= 0.3 is 6.03 Å². The molecule has 1 N–H and O–H groups in total. The molecular formula is C19H20FN3O3. The number of ether oxygens (including phenoxy) is 2. The van der Waals surface area contributed by atoms with E-state index in [0.717, 1.165) is 11.3 Å². The van der Waals surface area contributed by atoms with Crippen LogP contribution < -0.4 is 19.7 Å². The zero-order valence-electron chi connectivity index (χ0n) is 14.3. The summed E-state index contributed by atoms with van der Waals surface area (Å²) < 4.78 is 24.5. The Kier molecular flexibility index (Phi) is 4.51. The maximum atomic E-state index is 13.9. The SMILES string of the molecule is O=C(NCc1ccc2c(c1)OCO2)N1CCN(c2ccccc2F)CC1. The van der Waals surface area contributed by atoms with E-state index in [1.165, 1.54) is 6.07 Å². The van der Waals surface area contributed by atoms with Gasteiger partial charge in [0.05, 0.1) is 5.69 Å². The maximum absolute atomic E-state index is 13.9. The first-order valence-corrected chi connectivity index (χ1v) is 8.61. The molecule has 136 valence electrons. The Morgan fingerprint density at radius 1 is 1.04 bits per heavy atom. The van der Waals surface area contributed by atoms with E-state index in [4.69, 9.17) is 9.47 Å². The van der Waals surface area contributed by atoms with Crippen LogP contribution in [0.2, 0.25) is 0 Å². The van der Waals surface area contributed by atoms with Crippen molar-refractivity contribution in [1.29, 1.82) is 0 Å². The van der Waals surface area contributed by atoms with Gasteiger partial charge in [0.25, 0.3) is 0 Å². The van der Waals surface area contributed by atoms with Crippen LogP contribution in [0.25, 0.3) is 0 Å². The second-order valence-corrected chi connectivity index (χ2v) is 6.27. The molecular weight excluding hydrogens is 337 g/mol. The molecule has 0 spiro atoms. The van der Waals surface area contributed by atoms with Crippen LogP contribution in [-0.2, 0) is 6.54 Å². The molecule has 1 saturated heterocycles. The lowest BCUT2D eigenvalue weighted by atomic mass is 10.2. The molecule has 6 nitrogen and oxygen atoms in total. The lowest BCUT2D eigenvalue weighted by molar-refractivity contribution is 0.174. The standard InChI is InChI=1S/C19H20FN3O3/c20-15-3-1-2-4-16(15)22-7-9-23(10-8-22)19(24)21-12-14-5-6-17-18(11-14)26-13-25-17/h1-6,11H,7-10,12-13H2,(H,21,24). The summed E-state index contributed by atoms with van der Waals surface area (Å²) in [7, 11) is 0. The van der Waals surface area contributed by atoms with Gasteiger partial charge in [-0.2, -0.15) is 0 Å². The molecule has 4 rings (SSSR count). The number of halogens is 1. The van der Waals surface area contributed by atoms with Crippen molar-refractivity contribution in [1.82, 2.24) is 10.2 Å². The number of carbonyl (C=O) groups is 1. The number of nitrogens with zero attached hydrogens (tertiary/aromatic N) is 2. The van der Waals surface area contributed by atoms with Gasteiger partial charge in [0, 0.05) is 32.7 Å². The Hall–Kier alpha value is -2.96. The van der Waals surface area contributed by atoms with Gasteiger partial charge < -0.3 is 24.6 Å². The molecule has 2 aromatic rings. The number of nitrogens with one attached hydrogen (secondary N) is 1. The Bertz CT molecular complexity index is 806. The number of benzene rings is 2. The number of amides is 2. The van der Waals surface area contributed by atoms with Crippen molar-refractivity contribution in [3.05, 3.63) is 53.8 Å². The molecule has 0 aliphatic carbocycles. The van der Waals surface area contributed by atoms with Gasteiger partial charge in [-0.25, -0.2) is 9.18 Å². The van der Waals surface area contributed by atoms with Crippen molar-refractivity contribution < 1.29 is 18.7 Å². The van der Waals surface area contributed by atoms with Crippen LogP contribution in [0, 0.1) is 5.82 Å². The summed E-state index contributed by atoms with van der Waals surface area (Å²) in [5.41, 5.74) is 1.54. The molecule has 0 aromatic heterocycles. The number of piperazine rings is 1. The molecule has 0 saturated carbocycles. The van der Waals surface area contributed by atoms with E-state index in [-0.39, 0.29) is 18.6 Å². The molecule has 7 heteroatoms. The van der Waals surface area contributed by atoms with Gasteiger partial charge in [0.2, 0.25) is 6.79 Å². The summed E-state index contributed by atoms with van der Waals surface area (Å²) >= 11 is 0. The molecule has 2 aliphatic rings. The summed E-state index contributed by atoms with van der Waals surface area (Å²) in [6, 6.07) is 12.2. The van der Waals surface area contributed by atoms with Gasteiger partial charge in [-0.3, -0.25) is 0 Å². The van der Waals surface area contributed by atoms with Crippen molar-refractivity contribution in [2.24, 2.45) is 0 Å². The van der Waals surface area contributed by atoms with E-state index in [1.807, 2.05) is 29.2 Å². The summed E-state index contributed by atoms with van der Waals surface area (Å²) in [4.78, 5) is 16.1. The Labute approximate surface area is 151 Å². The van der Waals surface area contributed by atoms with Gasteiger partial charge in [-0.05, 0) is 29.8 Å². The average molecular weight is 357 g/mol. The third-order valence-corrected chi connectivity index (χ3v) is 4.64. The molecule has 0 bridgehead atoms. The third kappa shape index (κ3) is 3.37. The van der Waals surface area contributed by atoms with E-state index >= 15 is 0 Å². The molecule has 0 radical (unpaired) electrons. The zero-order chi connectivity index (χ0) is 17.9. The molecule has 2 heterocycles. The van der Waals surface area contributed by atoms with Crippen LogP contribution in [-0.4, -0.2) is 43.9 Å². The van der Waals surface area contributed by atoms with Crippen molar-refractivity contribution >= 4 is 11.7 Å². The van der Waals surface area contributed by atoms with Crippen LogP contribution in [0.5, 0.6) is 11.5 Å². The van der Waals surface area contributed by atoms with Crippen LogP contribution >= 0.6 is 0 Å². The number of rotatable bonds is 3. The number of anilines is 1. The maximum Gasteiger partial charge on any atom is 0.317 e. The fourth-order valence-electron chi connectivity index (χ4n) is 3.20. The average Bonchev–Trinajstić information content (AvgIpc) is 3.14. The molecule has 0 atom stereocenters. The van der Waals surface area contributed by atoms with Crippen molar-refractivity contribution in [3.8, 4) is 11.5 Å². The van der Waals surface area contributed by atoms with Crippen molar-refractivity contribution in [3.63, 3.8) is 0 Å². The first kappa shape index (κ1) is 16.5. The number of carbonyl (C=O) groups excluding carboxylic acids is 1. The van der Waals surface area contributed by atoms with Gasteiger partial charge in [0.15, 0.2) is 11.5 Å². The Morgan fingerprint density at radius 3 is 2.62 bits per heavy atom. The fraction of sp³-hybridized carbons (Fsp3) is 0.316. The fourth-order valence-corrected chi connectivity index (χ4v) is 3.20. The molecule has 0 unspecified atom stereocenters. The summed E-state index contributed by atoms with van der Waals surface area (Å²) in [5, 5.41) is 2.92. The third-order valence-electron chi connectivity index (χ3n) is 4.64. The van der Waals surface area contributed by atoms with E-state index in [0.29, 0.717) is 44.2 Å². The Morgan fingerprint density at radius 2 is 1.81 bits per heavy atom. The number of fused-ring (bicyclic) bond motifs is 1. The predicted octanol–water partition coefficient (Wildman–Crippen LogP) is 2.59. The summed E-state index contributed by atoms with van der Waals surface area (Å²) in [6.07, 6.45) is 0. The number of hydrogen-bond acceptors (Lipinski definition) is 4. The first-order valence-electron chi connectivity index (χ1n) is 8.61. The smallest absolute Gasteiger partial charge is 0.317 e. The second-order valence-electron chi connectivity index (χ2n) is 6.27. The summed E-state index contributed by atoms with van der Waals surface area (Å²) in [5.74, 6) is 1.20. The largest absolute Gasteiger partial charge is 0.454 e. The highest BCUT2D eigenvalue weighted by molar-refractivity contribution is 5.74. The van der Waals surface area contributed by atoms with E-state index in [1.54, 1.807) is 17.0 Å². The highest BCUT2D eigenvalue weighted by atomic mass is 19.1. The van der Waals surface area contributed by atoms with Crippen LogP contribution in [0.15, 0.2) is 42.5 Å². The minimum atomic E-state index is -0.229. The number of urea groups is 1. The molecule has 2 aliphatic heterocycles. The van der Waals surface area contributed by atoms with Crippen LogP contribution in [0.3, 0.4) is 0 Å². The van der Waals surface area contributed by atoms with Gasteiger partial charge in [0.1, 0.15) is 5.82 Å². The predicted molar refractivity (Wildman–Crippen MR) is 95.0 cm³/mol. The lowest BCUT2D eigenvalue weighted by Crippen LogP contribution is -2.51.